The van der Waals surface area contributed by atoms with Crippen molar-refractivity contribution in [2.24, 2.45) is 0 Å². The summed E-state index contributed by atoms with van der Waals surface area (Å²) in [4.78, 5) is 28.7. The summed E-state index contributed by atoms with van der Waals surface area (Å²) >= 11 is 0. The number of nitrogens with zero attached hydrogens (tertiary/aromatic N) is 3. The van der Waals surface area contributed by atoms with Crippen LogP contribution in [0, 0.1) is 23.0 Å². The van der Waals surface area contributed by atoms with Crippen LogP contribution >= 0.6 is 0 Å². The Hall–Kier alpha value is -3.77. The number of rotatable bonds is 7. The van der Waals surface area contributed by atoms with E-state index < -0.39 is 23.7 Å². The Morgan fingerprint density at radius 3 is 2.64 bits per heavy atom. The lowest BCUT2D eigenvalue weighted by Gasteiger charge is -2.32. The summed E-state index contributed by atoms with van der Waals surface area (Å²) in [6.45, 7) is 3.13. The zero-order chi connectivity index (χ0) is 25.7. The van der Waals surface area contributed by atoms with Crippen molar-refractivity contribution in [1.29, 1.82) is 5.26 Å². The number of urea groups is 1. The zero-order valence-electron chi connectivity index (χ0n) is 20.1. The lowest BCUT2D eigenvalue weighted by molar-refractivity contribution is -0.118. The van der Waals surface area contributed by atoms with E-state index in [1.54, 1.807) is 0 Å². The van der Waals surface area contributed by atoms with Crippen LogP contribution in [0.3, 0.4) is 0 Å². The van der Waals surface area contributed by atoms with Crippen molar-refractivity contribution in [2.75, 3.05) is 33.2 Å². The average Bonchev–Trinajstić information content (AvgIpc) is 2.89. The maximum atomic E-state index is 13.8. The molecule has 3 amide bonds. The summed E-state index contributed by atoms with van der Waals surface area (Å²) in [5.41, 5.74) is 2.41. The Bertz CT molecular complexity index is 1200. The minimum Gasteiger partial charge on any atom is -0.352 e. The summed E-state index contributed by atoms with van der Waals surface area (Å²) in [7, 11) is 1.52. The van der Waals surface area contributed by atoms with E-state index >= 15 is 0 Å². The largest absolute Gasteiger partial charge is 0.352 e. The molecule has 0 unspecified atom stereocenters. The fourth-order valence-electron chi connectivity index (χ4n) is 4.82. The maximum absolute atomic E-state index is 13.8. The first-order valence-electron chi connectivity index (χ1n) is 12.1. The number of carbonyl (C=O) groups is 2. The van der Waals surface area contributed by atoms with Crippen LogP contribution in [0.4, 0.5) is 13.6 Å². The number of hydrogen-bond donors (Lipinski definition) is 2. The molecule has 0 saturated carbocycles. The van der Waals surface area contributed by atoms with Gasteiger partial charge in [-0.05, 0) is 74.1 Å². The molecule has 0 spiro atoms. The third-order valence-corrected chi connectivity index (χ3v) is 6.82. The second kappa shape index (κ2) is 11.3. The van der Waals surface area contributed by atoms with Gasteiger partial charge >= 0.3 is 6.03 Å². The molecule has 0 aliphatic carbocycles. The molecule has 2 aromatic rings. The van der Waals surface area contributed by atoms with Gasteiger partial charge in [-0.15, -0.1) is 0 Å². The molecule has 0 bridgehead atoms. The molecular weight excluding hydrogens is 464 g/mol. The predicted octanol–water partition coefficient (Wildman–Crippen LogP) is 3.80. The molecule has 2 heterocycles. The molecule has 1 saturated heterocycles. The topological polar surface area (TPSA) is 88.5 Å². The molecule has 188 valence electrons. The molecule has 1 fully saturated rings. The third kappa shape index (κ3) is 5.71. The van der Waals surface area contributed by atoms with Gasteiger partial charge in [0.2, 0.25) is 0 Å². The van der Waals surface area contributed by atoms with Crippen LogP contribution in [0.1, 0.15) is 47.9 Å². The first-order valence-corrected chi connectivity index (χ1v) is 12.1. The van der Waals surface area contributed by atoms with E-state index in [2.05, 4.69) is 21.6 Å². The van der Waals surface area contributed by atoms with Crippen molar-refractivity contribution < 1.29 is 18.4 Å². The zero-order valence-corrected chi connectivity index (χ0v) is 20.1. The number of hydrogen-bond acceptors (Lipinski definition) is 4. The standard InChI is InChI=1S/C27H29F2N5O2/c1-33-17-22(25(32-27(33)36)19-7-8-23(28)24(29)15-19)26(35)31-11-4-12-34-13-9-18(10-14-34)21-6-3-2-5-20(21)16-30/h2-3,5-8,15,17-18,25H,4,9-14H2,1H3,(H,31,35)(H,32,36)/t25-/m1/s1. The Kier molecular flexibility index (Phi) is 7.96. The molecule has 2 aliphatic heterocycles. The highest BCUT2D eigenvalue weighted by Gasteiger charge is 2.31. The van der Waals surface area contributed by atoms with E-state index in [0.29, 0.717) is 12.5 Å². The Labute approximate surface area is 209 Å². The van der Waals surface area contributed by atoms with E-state index in [9.17, 15) is 23.6 Å². The normalized spacial score (nSPS) is 18.8. The van der Waals surface area contributed by atoms with Crippen molar-refractivity contribution >= 4 is 11.9 Å². The number of nitrogens with one attached hydrogen (secondary N) is 2. The molecule has 2 N–H and O–H groups in total. The minimum atomic E-state index is -1.04. The fraction of sp³-hybridized carbons (Fsp3) is 0.370. The van der Waals surface area contributed by atoms with Gasteiger partial charge in [0, 0.05) is 19.8 Å². The smallest absolute Gasteiger partial charge is 0.321 e. The summed E-state index contributed by atoms with van der Waals surface area (Å²) in [5.74, 6) is -2.02. The first-order chi connectivity index (χ1) is 17.4. The van der Waals surface area contributed by atoms with E-state index in [1.165, 1.54) is 24.2 Å². The molecular formula is C27H29F2N5O2. The number of carbonyl (C=O) groups excluding carboxylic acids is 2. The molecule has 2 aromatic carbocycles. The van der Waals surface area contributed by atoms with Gasteiger partial charge in [-0.2, -0.15) is 5.26 Å². The van der Waals surface area contributed by atoms with Crippen LogP contribution < -0.4 is 10.6 Å². The number of benzene rings is 2. The van der Waals surface area contributed by atoms with E-state index in [0.717, 1.165) is 62.2 Å². The van der Waals surface area contributed by atoms with Gasteiger partial charge in [-0.3, -0.25) is 4.79 Å². The molecule has 1 atom stereocenters. The first kappa shape index (κ1) is 25.3. The molecule has 0 aromatic heterocycles. The highest BCUT2D eigenvalue weighted by atomic mass is 19.2. The summed E-state index contributed by atoms with van der Waals surface area (Å²) in [6.07, 6.45) is 4.14. The monoisotopic (exact) mass is 493 g/mol. The van der Waals surface area contributed by atoms with E-state index in [-0.39, 0.29) is 17.0 Å². The van der Waals surface area contributed by atoms with Gasteiger partial charge in [-0.25, -0.2) is 13.6 Å². The van der Waals surface area contributed by atoms with Gasteiger partial charge in [0.1, 0.15) is 0 Å². The highest BCUT2D eigenvalue weighted by Crippen LogP contribution is 2.30. The van der Waals surface area contributed by atoms with Gasteiger partial charge < -0.3 is 20.4 Å². The van der Waals surface area contributed by atoms with Crippen LogP contribution in [-0.2, 0) is 4.79 Å². The Morgan fingerprint density at radius 1 is 1.17 bits per heavy atom. The number of nitriles is 1. The van der Waals surface area contributed by atoms with Gasteiger partial charge in [0.15, 0.2) is 11.6 Å². The quantitative estimate of drug-likeness (QED) is 0.575. The van der Waals surface area contributed by atoms with Crippen LogP contribution in [0.15, 0.2) is 54.2 Å². The van der Waals surface area contributed by atoms with Crippen LogP contribution in [-0.4, -0.2) is 55.0 Å². The predicted molar refractivity (Wildman–Crippen MR) is 131 cm³/mol. The van der Waals surface area contributed by atoms with E-state index in [1.807, 2.05) is 24.3 Å². The third-order valence-electron chi connectivity index (χ3n) is 6.82. The van der Waals surface area contributed by atoms with E-state index in [4.69, 9.17) is 0 Å². The summed E-state index contributed by atoms with van der Waals surface area (Å²) in [6, 6.07) is 12.1. The van der Waals surface area contributed by atoms with Crippen LogP contribution in [0.25, 0.3) is 0 Å². The second-order valence-corrected chi connectivity index (χ2v) is 9.18. The average molecular weight is 494 g/mol. The Balaban J connectivity index is 1.28. The molecule has 2 aliphatic rings. The second-order valence-electron chi connectivity index (χ2n) is 9.18. The Morgan fingerprint density at radius 2 is 1.92 bits per heavy atom. The fourth-order valence-corrected chi connectivity index (χ4v) is 4.82. The van der Waals surface area contributed by atoms with Crippen molar-refractivity contribution in [3.8, 4) is 6.07 Å². The molecule has 4 rings (SSSR count). The van der Waals surface area contributed by atoms with Crippen molar-refractivity contribution in [2.45, 2.75) is 31.2 Å². The molecule has 9 heteroatoms. The number of piperidine rings is 1. The van der Waals surface area contributed by atoms with Crippen molar-refractivity contribution in [3.05, 3.63) is 82.6 Å². The lowest BCUT2D eigenvalue weighted by Crippen LogP contribution is -2.45. The number of halogens is 2. The van der Waals surface area contributed by atoms with Gasteiger partial charge in [0.05, 0.1) is 23.2 Å². The molecule has 7 nitrogen and oxygen atoms in total. The SMILES string of the molecule is CN1C=C(C(=O)NCCCN2CCC(c3ccccc3C#N)CC2)[C@@H](c2ccc(F)c(F)c2)NC1=O. The van der Waals surface area contributed by atoms with Gasteiger partial charge in [0.25, 0.3) is 5.91 Å². The molecule has 36 heavy (non-hydrogen) atoms. The number of likely N-dealkylation sites (tertiary alicyclic amines) is 1. The van der Waals surface area contributed by atoms with Crippen LogP contribution in [0.2, 0.25) is 0 Å². The lowest BCUT2D eigenvalue weighted by atomic mass is 9.87. The molecule has 0 radical (unpaired) electrons. The summed E-state index contributed by atoms with van der Waals surface area (Å²) < 4.78 is 27.2. The highest BCUT2D eigenvalue weighted by molar-refractivity contribution is 5.97. The van der Waals surface area contributed by atoms with Gasteiger partial charge in [-0.1, -0.05) is 24.3 Å². The van der Waals surface area contributed by atoms with Crippen molar-refractivity contribution in [3.63, 3.8) is 0 Å². The minimum absolute atomic E-state index is 0.250. The summed E-state index contributed by atoms with van der Waals surface area (Å²) in [5, 5.41) is 14.9. The van der Waals surface area contributed by atoms with Crippen LogP contribution in [0.5, 0.6) is 0 Å². The number of amides is 3. The maximum Gasteiger partial charge on any atom is 0.321 e. The van der Waals surface area contributed by atoms with Crippen molar-refractivity contribution in [1.82, 2.24) is 20.4 Å².